The highest BCUT2D eigenvalue weighted by molar-refractivity contribution is 7.12. The number of nitrogens with one attached hydrogen (secondary N) is 2. The van der Waals surface area contributed by atoms with E-state index >= 15 is 0 Å². The van der Waals surface area contributed by atoms with Gasteiger partial charge in [-0.25, -0.2) is 0 Å². The largest absolute Gasteiger partial charge is 0.353 e. The Morgan fingerprint density at radius 1 is 1.44 bits per heavy atom. The van der Waals surface area contributed by atoms with Gasteiger partial charge in [0, 0.05) is 13.1 Å². The molecule has 1 atom stereocenters. The van der Waals surface area contributed by atoms with E-state index in [0.29, 0.717) is 18.0 Å². The minimum atomic E-state index is -0.520. The van der Waals surface area contributed by atoms with Gasteiger partial charge < -0.3 is 16.4 Å². The fourth-order valence-corrected chi connectivity index (χ4v) is 1.66. The van der Waals surface area contributed by atoms with Crippen molar-refractivity contribution in [3.05, 3.63) is 22.4 Å². The lowest BCUT2D eigenvalue weighted by Gasteiger charge is -2.08. The molecule has 0 bridgehead atoms. The Balaban J connectivity index is 2.17. The van der Waals surface area contributed by atoms with Crippen LogP contribution < -0.4 is 16.4 Å². The van der Waals surface area contributed by atoms with Crippen molar-refractivity contribution in [3.8, 4) is 0 Å². The van der Waals surface area contributed by atoms with E-state index in [1.54, 1.807) is 13.0 Å². The molecule has 0 saturated heterocycles. The summed E-state index contributed by atoms with van der Waals surface area (Å²) in [5.41, 5.74) is 5.36. The molecule has 0 aliphatic rings. The summed E-state index contributed by atoms with van der Waals surface area (Å²) in [6.45, 7) is 2.40. The van der Waals surface area contributed by atoms with Crippen molar-refractivity contribution in [2.24, 2.45) is 5.73 Å². The Bertz CT molecular complexity index is 349. The topological polar surface area (TPSA) is 84.2 Å². The molecule has 2 amide bonds. The van der Waals surface area contributed by atoms with Gasteiger partial charge in [0.15, 0.2) is 0 Å². The van der Waals surface area contributed by atoms with Crippen LogP contribution in [0.1, 0.15) is 16.6 Å². The summed E-state index contributed by atoms with van der Waals surface area (Å²) < 4.78 is 0. The zero-order valence-electron chi connectivity index (χ0n) is 9.03. The van der Waals surface area contributed by atoms with Crippen LogP contribution >= 0.6 is 11.3 Å². The quantitative estimate of drug-likeness (QED) is 0.631. The van der Waals surface area contributed by atoms with Crippen LogP contribution in [0.5, 0.6) is 0 Å². The maximum atomic E-state index is 11.4. The van der Waals surface area contributed by atoms with Crippen LogP contribution in [0.25, 0.3) is 0 Å². The minimum absolute atomic E-state index is 0.120. The Hall–Kier alpha value is -1.40. The van der Waals surface area contributed by atoms with Gasteiger partial charge in [0.05, 0.1) is 10.9 Å². The molecular formula is C10H15N3O2S. The van der Waals surface area contributed by atoms with Gasteiger partial charge in [0.25, 0.3) is 5.91 Å². The molecule has 5 nitrogen and oxygen atoms in total. The minimum Gasteiger partial charge on any atom is -0.353 e. The molecule has 1 aromatic heterocycles. The van der Waals surface area contributed by atoms with E-state index < -0.39 is 6.04 Å². The third-order valence-corrected chi connectivity index (χ3v) is 2.74. The fraction of sp³-hybridized carbons (Fsp3) is 0.400. The average molecular weight is 241 g/mol. The average Bonchev–Trinajstić information content (AvgIpc) is 2.76. The molecule has 6 heteroatoms. The molecule has 0 aliphatic carbocycles. The van der Waals surface area contributed by atoms with Gasteiger partial charge in [-0.2, -0.15) is 0 Å². The molecule has 0 spiro atoms. The molecule has 4 N–H and O–H groups in total. The van der Waals surface area contributed by atoms with Gasteiger partial charge in [0.1, 0.15) is 0 Å². The van der Waals surface area contributed by atoms with E-state index in [0.717, 1.165) is 0 Å². The summed E-state index contributed by atoms with van der Waals surface area (Å²) in [5, 5.41) is 7.14. The predicted molar refractivity (Wildman–Crippen MR) is 63.3 cm³/mol. The number of hydrogen-bond acceptors (Lipinski definition) is 4. The van der Waals surface area contributed by atoms with Crippen LogP contribution in [-0.2, 0) is 4.79 Å². The van der Waals surface area contributed by atoms with Crippen molar-refractivity contribution >= 4 is 23.2 Å². The van der Waals surface area contributed by atoms with Gasteiger partial charge >= 0.3 is 0 Å². The normalized spacial score (nSPS) is 11.9. The molecule has 0 radical (unpaired) electrons. The molecule has 88 valence electrons. The fourth-order valence-electron chi connectivity index (χ4n) is 1.02. The third-order valence-electron chi connectivity index (χ3n) is 1.87. The van der Waals surface area contributed by atoms with Crippen LogP contribution in [-0.4, -0.2) is 30.9 Å². The van der Waals surface area contributed by atoms with Crippen molar-refractivity contribution in [3.63, 3.8) is 0 Å². The molecule has 1 unspecified atom stereocenters. The van der Waals surface area contributed by atoms with E-state index in [1.807, 2.05) is 11.4 Å². The Morgan fingerprint density at radius 2 is 2.12 bits per heavy atom. The Labute approximate surface area is 98.0 Å². The van der Waals surface area contributed by atoms with Gasteiger partial charge in [-0.05, 0) is 18.4 Å². The second kappa shape index (κ2) is 6.24. The first-order valence-corrected chi connectivity index (χ1v) is 5.84. The van der Waals surface area contributed by atoms with Crippen molar-refractivity contribution < 1.29 is 9.59 Å². The van der Waals surface area contributed by atoms with Gasteiger partial charge in [-0.3, -0.25) is 9.59 Å². The highest BCUT2D eigenvalue weighted by Crippen LogP contribution is 2.07. The number of nitrogens with two attached hydrogens (primary N) is 1. The lowest BCUT2D eigenvalue weighted by Crippen LogP contribution is -2.41. The zero-order chi connectivity index (χ0) is 12.0. The number of amides is 2. The first-order valence-electron chi connectivity index (χ1n) is 4.96. The summed E-state index contributed by atoms with van der Waals surface area (Å²) >= 11 is 1.38. The number of carbonyl (C=O) groups is 2. The molecule has 0 aliphatic heterocycles. The van der Waals surface area contributed by atoms with E-state index in [1.165, 1.54) is 11.3 Å². The number of carbonyl (C=O) groups excluding carboxylic acids is 2. The number of hydrogen-bond donors (Lipinski definition) is 3. The smallest absolute Gasteiger partial charge is 0.261 e. The van der Waals surface area contributed by atoms with Crippen LogP contribution in [0.3, 0.4) is 0 Å². The molecule has 1 rings (SSSR count). The summed E-state index contributed by atoms with van der Waals surface area (Å²) in [6, 6.07) is 3.05. The number of rotatable bonds is 5. The van der Waals surface area contributed by atoms with E-state index in [2.05, 4.69) is 10.6 Å². The lowest BCUT2D eigenvalue weighted by atomic mass is 10.3. The second-order valence-electron chi connectivity index (χ2n) is 3.31. The van der Waals surface area contributed by atoms with Gasteiger partial charge in [0.2, 0.25) is 5.91 Å². The molecule has 0 aromatic carbocycles. The molecule has 1 heterocycles. The van der Waals surface area contributed by atoms with Gasteiger partial charge in [-0.1, -0.05) is 6.07 Å². The van der Waals surface area contributed by atoms with E-state index in [9.17, 15) is 9.59 Å². The van der Waals surface area contributed by atoms with E-state index in [-0.39, 0.29) is 11.8 Å². The van der Waals surface area contributed by atoms with Crippen LogP contribution in [0.4, 0.5) is 0 Å². The molecule has 16 heavy (non-hydrogen) atoms. The van der Waals surface area contributed by atoms with Crippen molar-refractivity contribution in [1.29, 1.82) is 0 Å². The van der Waals surface area contributed by atoms with Crippen LogP contribution in [0, 0.1) is 0 Å². The van der Waals surface area contributed by atoms with Gasteiger partial charge in [-0.15, -0.1) is 11.3 Å². The second-order valence-corrected chi connectivity index (χ2v) is 4.26. The maximum absolute atomic E-state index is 11.4. The van der Waals surface area contributed by atoms with Crippen LogP contribution in [0.15, 0.2) is 17.5 Å². The summed E-state index contributed by atoms with van der Waals surface area (Å²) in [5.74, 6) is -0.338. The Kier molecular flexibility index (Phi) is 4.94. The van der Waals surface area contributed by atoms with Crippen molar-refractivity contribution in [2.45, 2.75) is 13.0 Å². The molecule has 1 aromatic rings. The maximum Gasteiger partial charge on any atom is 0.261 e. The first kappa shape index (κ1) is 12.7. The Morgan fingerprint density at radius 3 is 2.69 bits per heavy atom. The third kappa shape index (κ3) is 4.00. The SMILES string of the molecule is CC(N)C(=O)NCCNC(=O)c1cccs1. The monoisotopic (exact) mass is 241 g/mol. The zero-order valence-corrected chi connectivity index (χ0v) is 9.84. The summed E-state index contributed by atoms with van der Waals surface area (Å²) in [6.07, 6.45) is 0. The summed E-state index contributed by atoms with van der Waals surface area (Å²) in [7, 11) is 0. The number of thiophene rings is 1. The molecular weight excluding hydrogens is 226 g/mol. The van der Waals surface area contributed by atoms with E-state index in [4.69, 9.17) is 5.73 Å². The van der Waals surface area contributed by atoms with Crippen molar-refractivity contribution in [2.75, 3.05) is 13.1 Å². The standard InChI is InChI=1S/C10H15N3O2S/c1-7(11)9(14)12-4-5-13-10(15)8-3-2-6-16-8/h2-3,6-7H,4-5,11H2,1H3,(H,12,14)(H,13,15). The highest BCUT2D eigenvalue weighted by atomic mass is 32.1. The lowest BCUT2D eigenvalue weighted by molar-refractivity contribution is -0.121. The highest BCUT2D eigenvalue weighted by Gasteiger charge is 2.07. The molecule has 0 fully saturated rings. The predicted octanol–water partition coefficient (Wildman–Crippen LogP) is -0.0587. The molecule has 0 saturated carbocycles. The van der Waals surface area contributed by atoms with Crippen LogP contribution in [0.2, 0.25) is 0 Å². The summed E-state index contributed by atoms with van der Waals surface area (Å²) in [4.78, 5) is 23.2. The van der Waals surface area contributed by atoms with Crippen molar-refractivity contribution in [1.82, 2.24) is 10.6 Å². The first-order chi connectivity index (χ1) is 7.61.